The first-order valence-electron chi connectivity index (χ1n) is 8.22. The van der Waals surface area contributed by atoms with Crippen LogP contribution in [-0.2, 0) is 9.59 Å². The summed E-state index contributed by atoms with van der Waals surface area (Å²) in [6.07, 6.45) is 7.06. The minimum atomic E-state index is 0.00839. The van der Waals surface area contributed by atoms with Crippen molar-refractivity contribution in [3.63, 3.8) is 0 Å². The molecule has 0 saturated carbocycles. The summed E-state index contributed by atoms with van der Waals surface area (Å²) in [5, 5.41) is 17.5. The zero-order valence-electron chi connectivity index (χ0n) is 14.1. The molecule has 0 aromatic heterocycles. The van der Waals surface area contributed by atoms with Gasteiger partial charge in [-0.3, -0.25) is 9.59 Å². The highest BCUT2D eigenvalue weighted by molar-refractivity contribution is 5.76. The molecular formula is C16H32N2O4. The van der Waals surface area contributed by atoms with Gasteiger partial charge in [-0.1, -0.05) is 25.7 Å². The minimum absolute atomic E-state index is 0.00839. The van der Waals surface area contributed by atoms with Crippen LogP contribution in [-0.4, -0.2) is 72.2 Å². The van der Waals surface area contributed by atoms with Gasteiger partial charge in [0.15, 0.2) is 0 Å². The van der Waals surface area contributed by atoms with E-state index in [4.69, 9.17) is 10.2 Å². The van der Waals surface area contributed by atoms with Gasteiger partial charge in [0.1, 0.15) is 0 Å². The fourth-order valence-corrected chi connectivity index (χ4v) is 2.19. The molecule has 0 atom stereocenters. The van der Waals surface area contributed by atoms with E-state index >= 15 is 0 Å². The number of hydrogen-bond donors (Lipinski definition) is 2. The zero-order chi connectivity index (χ0) is 16.8. The van der Waals surface area contributed by atoms with Crippen molar-refractivity contribution in [2.24, 2.45) is 0 Å². The molecule has 2 N–H and O–H groups in total. The Morgan fingerprint density at radius 2 is 1.00 bits per heavy atom. The first-order valence-corrected chi connectivity index (χ1v) is 8.22. The van der Waals surface area contributed by atoms with Crippen LogP contribution in [0.1, 0.15) is 51.4 Å². The van der Waals surface area contributed by atoms with Crippen molar-refractivity contribution in [2.75, 3.05) is 40.4 Å². The molecule has 0 unspecified atom stereocenters. The highest BCUT2D eigenvalue weighted by Crippen LogP contribution is 2.10. The van der Waals surface area contributed by atoms with Gasteiger partial charge in [0, 0.05) is 40.0 Å². The topological polar surface area (TPSA) is 81.1 Å². The second-order valence-electron chi connectivity index (χ2n) is 5.70. The summed E-state index contributed by atoms with van der Waals surface area (Å²) in [7, 11) is 3.42. The highest BCUT2D eigenvalue weighted by Gasteiger charge is 2.08. The smallest absolute Gasteiger partial charge is 0.222 e. The maximum absolute atomic E-state index is 11.6. The molecule has 130 valence electrons. The Kier molecular flexibility index (Phi) is 12.8. The average Bonchev–Trinajstić information content (AvgIpc) is 2.49. The second kappa shape index (κ2) is 13.5. The molecule has 0 bridgehead atoms. The molecule has 0 fully saturated rings. The number of carbonyl (C=O) groups is 2. The zero-order valence-corrected chi connectivity index (χ0v) is 14.1. The summed E-state index contributed by atoms with van der Waals surface area (Å²) in [5.41, 5.74) is 0. The van der Waals surface area contributed by atoms with Crippen LogP contribution < -0.4 is 0 Å². The van der Waals surface area contributed by atoms with Crippen molar-refractivity contribution >= 4 is 11.8 Å². The molecular weight excluding hydrogens is 284 g/mol. The van der Waals surface area contributed by atoms with Crippen molar-refractivity contribution in [1.82, 2.24) is 9.80 Å². The van der Waals surface area contributed by atoms with Crippen LogP contribution in [0.4, 0.5) is 0 Å². The van der Waals surface area contributed by atoms with Gasteiger partial charge in [-0.05, 0) is 12.8 Å². The normalized spacial score (nSPS) is 10.5. The first kappa shape index (κ1) is 20.9. The Balaban J connectivity index is 3.44. The van der Waals surface area contributed by atoms with Gasteiger partial charge >= 0.3 is 0 Å². The maximum Gasteiger partial charge on any atom is 0.222 e. The third-order valence-corrected chi connectivity index (χ3v) is 3.75. The summed E-state index contributed by atoms with van der Waals surface area (Å²) >= 11 is 0. The van der Waals surface area contributed by atoms with E-state index in [9.17, 15) is 9.59 Å². The van der Waals surface area contributed by atoms with Gasteiger partial charge in [0.2, 0.25) is 11.8 Å². The third-order valence-electron chi connectivity index (χ3n) is 3.75. The van der Waals surface area contributed by atoms with E-state index in [0.29, 0.717) is 25.9 Å². The number of likely N-dealkylation sites (N-methyl/N-ethyl adjacent to an activating group) is 2. The van der Waals surface area contributed by atoms with E-state index in [2.05, 4.69) is 0 Å². The van der Waals surface area contributed by atoms with Crippen molar-refractivity contribution < 1.29 is 19.8 Å². The molecule has 0 aromatic carbocycles. The number of nitrogens with zero attached hydrogens (tertiary/aromatic N) is 2. The minimum Gasteiger partial charge on any atom is -0.395 e. The van der Waals surface area contributed by atoms with Crippen LogP contribution in [0.5, 0.6) is 0 Å². The Morgan fingerprint density at radius 3 is 1.32 bits per heavy atom. The molecule has 0 rings (SSSR count). The maximum atomic E-state index is 11.6. The molecule has 6 nitrogen and oxygen atoms in total. The summed E-state index contributed by atoms with van der Waals surface area (Å²) in [4.78, 5) is 26.4. The molecule has 0 saturated heterocycles. The first-order chi connectivity index (χ1) is 10.5. The van der Waals surface area contributed by atoms with Crippen LogP contribution in [0, 0.1) is 0 Å². The van der Waals surface area contributed by atoms with Crippen molar-refractivity contribution in [2.45, 2.75) is 51.4 Å². The monoisotopic (exact) mass is 316 g/mol. The van der Waals surface area contributed by atoms with Crippen molar-refractivity contribution in [1.29, 1.82) is 0 Å². The van der Waals surface area contributed by atoms with Crippen molar-refractivity contribution in [3.8, 4) is 0 Å². The lowest BCUT2D eigenvalue weighted by Gasteiger charge is -2.15. The number of amides is 2. The van der Waals surface area contributed by atoms with Gasteiger partial charge in [-0.25, -0.2) is 0 Å². The lowest BCUT2D eigenvalue weighted by atomic mass is 10.1. The SMILES string of the molecule is CN(CCO)C(=O)CCCCCCCCC(=O)N(C)CCO. The summed E-state index contributed by atoms with van der Waals surface area (Å²) in [5.74, 6) is 0.179. The van der Waals surface area contributed by atoms with Crippen LogP contribution >= 0.6 is 0 Å². The molecule has 0 heterocycles. The number of aliphatic hydroxyl groups is 2. The third kappa shape index (κ3) is 10.6. The summed E-state index contributed by atoms with van der Waals surface area (Å²) in [6, 6.07) is 0. The standard InChI is InChI=1S/C16H32N2O4/c1-17(11-13-19)15(21)9-7-5-3-4-6-8-10-16(22)18(2)12-14-20/h19-20H,3-14H2,1-2H3. The number of aliphatic hydroxyl groups excluding tert-OH is 2. The number of unbranched alkanes of at least 4 members (excludes halogenated alkanes) is 5. The molecule has 2 amide bonds. The van der Waals surface area contributed by atoms with Crippen LogP contribution in [0.3, 0.4) is 0 Å². The van der Waals surface area contributed by atoms with Gasteiger partial charge < -0.3 is 20.0 Å². The summed E-state index contributed by atoms with van der Waals surface area (Å²) < 4.78 is 0. The van der Waals surface area contributed by atoms with Gasteiger partial charge in [-0.2, -0.15) is 0 Å². The van der Waals surface area contributed by atoms with Crippen LogP contribution in [0.15, 0.2) is 0 Å². The lowest BCUT2D eigenvalue weighted by molar-refractivity contribution is -0.131. The molecule has 0 aromatic rings. The molecule has 6 heteroatoms. The van der Waals surface area contributed by atoms with Crippen LogP contribution in [0.25, 0.3) is 0 Å². The number of hydrogen-bond acceptors (Lipinski definition) is 4. The van der Waals surface area contributed by atoms with Gasteiger partial charge in [0.05, 0.1) is 13.2 Å². The lowest BCUT2D eigenvalue weighted by Crippen LogP contribution is -2.29. The quantitative estimate of drug-likeness (QED) is 0.497. The summed E-state index contributed by atoms with van der Waals surface area (Å²) in [6.45, 7) is 0.818. The molecule has 0 aliphatic rings. The fraction of sp³-hybridized carbons (Fsp3) is 0.875. The van der Waals surface area contributed by atoms with Crippen molar-refractivity contribution in [3.05, 3.63) is 0 Å². The molecule has 0 spiro atoms. The largest absolute Gasteiger partial charge is 0.395 e. The second-order valence-corrected chi connectivity index (χ2v) is 5.70. The average molecular weight is 316 g/mol. The van der Waals surface area contributed by atoms with E-state index in [1.165, 1.54) is 0 Å². The van der Waals surface area contributed by atoms with E-state index < -0.39 is 0 Å². The van der Waals surface area contributed by atoms with E-state index in [1.54, 1.807) is 23.9 Å². The van der Waals surface area contributed by atoms with Crippen LogP contribution in [0.2, 0.25) is 0 Å². The molecule has 22 heavy (non-hydrogen) atoms. The van der Waals surface area contributed by atoms with Gasteiger partial charge in [-0.15, -0.1) is 0 Å². The Bertz CT molecular complexity index is 281. The van der Waals surface area contributed by atoms with Gasteiger partial charge in [0.25, 0.3) is 0 Å². The molecule has 0 aliphatic carbocycles. The number of carbonyl (C=O) groups excluding carboxylic acids is 2. The molecule has 0 aliphatic heterocycles. The predicted octanol–water partition coefficient (Wildman–Crippen LogP) is 1.01. The van der Waals surface area contributed by atoms with E-state index in [1.807, 2.05) is 0 Å². The Hall–Kier alpha value is -1.14. The molecule has 0 radical (unpaired) electrons. The Labute approximate surface area is 134 Å². The van der Waals surface area contributed by atoms with E-state index in [-0.39, 0.29) is 25.0 Å². The Morgan fingerprint density at radius 1 is 0.682 bits per heavy atom. The predicted molar refractivity (Wildman–Crippen MR) is 86.4 cm³/mol. The highest BCUT2D eigenvalue weighted by atomic mass is 16.3. The fourth-order valence-electron chi connectivity index (χ4n) is 2.19. The van der Waals surface area contributed by atoms with E-state index in [0.717, 1.165) is 38.5 Å². The number of rotatable bonds is 13.